The number of H-pyrrole nitrogens is 1. The lowest BCUT2D eigenvalue weighted by Gasteiger charge is -2.01. The van der Waals surface area contributed by atoms with Crippen LogP contribution in [0.25, 0.3) is 11.2 Å². The molecular formula is C7H5Br2N5O. The number of nitrogens with zero attached hydrogens (tertiary/aromatic N) is 3. The van der Waals surface area contributed by atoms with Crippen LogP contribution in [-0.2, 0) is 0 Å². The Hall–Kier alpha value is -1.02. The van der Waals surface area contributed by atoms with Gasteiger partial charge in [0.25, 0.3) is 5.56 Å². The molecule has 0 saturated carbocycles. The van der Waals surface area contributed by atoms with Gasteiger partial charge in [-0.1, -0.05) is 31.9 Å². The van der Waals surface area contributed by atoms with Crippen LogP contribution in [0.5, 0.6) is 0 Å². The number of alkyl halides is 2. The summed E-state index contributed by atoms with van der Waals surface area (Å²) in [6, 6.07) is 0. The molecule has 0 aromatic carbocycles. The van der Waals surface area contributed by atoms with Crippen LogP contribution in [0, 0.1) is 0 Å². The second kappa shape index (κ2) is 3.86. The average molecular weight is 335 g/mol. The third kappa shape index (κ3) is 2.00. The number of nitrogens with two attached hydrogens (primary N) is 1. The maximum atomic E-state index is 11.5. The van der Waals surface area contributed by atoms with Gasteiger partial charge in [0, 0.05) is 0 Å². The SMILES string of the molecule is Nc1nc2ncc(C(Br)Br)nc2c(=O)[nH]1. The van der Waals surface area contributed by atoms with E-state index in [4.69, 9.17) is 5.73 Å². The Kier molecular flexibility index (Phi) is 2.70. The van der Waals surface area contributed by atoms with Gasteiger partial charge in [-0.15, -0.1) is 0 Å². The van der Waals surface area contributed by atoms with Crippen molar-refractivity contribution in [2.75, 3.05) is 5.73 Å². The predicted octanol–water partition coefficient (Wildman–Crippen LogP) is 1.08. The monoisotopic (exact) mass is 333 g/mol. The van der Waals surface area contributed by atoms with Crippen LogP contribution in [0.1, 0.15) is 9.43 Å². The number of aromatic amines is 1. The maximum absolute atomic E-state index is 11.5. The molecule has 2 aromatic rings. The second-order valence-corrected chi connectivity index (χ2v) is 5.78. The Morgan fingerprint density at radius 3 is 2.80 bits per heavy atom. The molecule has 2 aromatic heterocycles. The fourth-order valence-corrected chi connectivity index (χ4v) is 1.49. The quantitative estimate of drug-likeness (QED) is 0.760. The summed E-state index contributed by atoms with van der Waals surface area (Å²) in [5, 5.41) is 0. The van der Waals surface area contributed by atoms with Gasteiger partial charge in [-0.3, -0.25) is 9.78 Å². The third-order valence-electron chi connectivity index (χ3n) is 1.68. The van der Waals surface area contributed by atoms with Crippen LogP contribution in [0.3, 0.4) is 0 Å². The number of rotatable bonds is 1. The van der Waals surface area contributed by atoms with Crippen LogP contribution in [0.2, 0.25) is 0 Å². The molecule has 6 nitrogen and oxygen atoms in total. The largest absolute Gasteiger partial charge is 0.369 e. The highest BCUT2D eigenvalue weighted by molar-refractivity contribution is 9.24. The fourth-order valence-electron chi connectivity index (χ4n) is 1.05. The smallest absolute Gasteiger partial charge is 0.280 e. The highest BCUT2D eigenvalue weighted by atomic mass is 79.9. The lowest BCUT2D eigenvalue weighted by atomic mass is 10.4. The highest BCUT2D eigenvalue weighted by Crippen LogP contribution is 2.27. The van der Waals surface area contributed by atoms with Crippen molar-refractivity contribution in [1.82, 2.24) is 19.9 Å². The minimum atomic E-state index is -0.396. The summed E-state index contributed by atoms with van der Waals surface area (Å²) in [5.74, 6) is 0.0313. The van der Waals surface area contributed by atoms with Crippen LogP contribution < -0.4 is 11.3 Å². The molecular weight excluding hydrogens is 330 g/mol. The molecule has 3 N–H and O–H groups in total. The van der Waals surface area contributed by atoms with Crippen LogP contribution in [0.4, 0.5) is 5.95 Å². The van der Waals surface area contributed by atoms with E-state index in [1.165, 1.54) is 6.20 Å². The molecule has 78 valence electrons. The van der Waals surface area contributed by atoms with Crippen molar-refractivity contribution in [2.45, 2.75) is 3.74 Å². The number of fused-ring (bicyclic) bond motifs is 1. The molecule has 0 aliphatic carbocycles. The summed E-state index contributed by atoms with van der Waals surface area (Å²) in [7, 11) is 0. The molecule has 2 rings (SSSR count). The van der Waals surface area contributed by atoms with Gasteiger partial charge in [0.15, 0.2) is 11.2 Å². The normalized spacial score (nSPS) is 11.1. The molecule has 0 aliphatic heterocycles. The second-order valence-electron chi connectivity index (χ2n) is 2.72. The molecule has 0 fully saturated rings. The predicted molar refractivity (Wildman–Crippen MR) is 63.0 cm³/mol. The van der Waals surface area contributed by atoms with E-state index in [9.17, 15) is 4.79 Å². The van der Waals surface area contributed by atoms with Gasteiger partial charge >= 0.3 is 0 Å². The summed E-state index contributed by atoms with van der Waals surface area (Å²) in [5.41, 5.74) is 5.98. The van der Waals surface area contributed by atoms with Crippen molar-refractivity contribution in [1.29, 1.82) is 0 Å². The zero-order chi connectivity index (χ0) is 11.0. The van der Waals surface area contributed by atoms with Crippen molar-refractivity contribution in [3.8, 4) is 0 Å². The minimum Gasteiger partial charge on any atom is -0.369 e. The van der Waals surface area contributed by atoms with E-state index in [1.54, 1.807) is 0 Å². The van der Waals surface area contributed by atoms with Crippen molar-refractivity contribution >= 4 is 49.0 Å². The summed E-state index contributed by atoms with van der Waals surface area (Å²) in [6.45, 7) is 0. The van der Waals surface area contributed by atoms with Gasteiger partial charge < -0.3 is 5.73 Å². The number of halogens is 2. The number of hydrogen-bond donors (Lipinski definition) is 2. The first-order valence-electron chi connectivity index (χ1n) is 3.88. The van der Waals surface area contributed by atoms with E-state index < -0.39 is 5.56 Å². The molecule has 8 heteroatoms. The van der Waals surface area contributed by atoms with Crippen LogP contribution >= 0.6 is 31.9 Å². The Morgan fingerprint density at radius 2 is 2.13 bits per heavy atom. The van der Waals surface area contributed by atoms with E-state index in [0.29, 0.717) is 5.69 Å². The summed E-state index contributed by atoms with van der Waals surface area (Å²) in [4.78, 5) is 25.8. The molecule has 0 radical (unpaired) electrons. The molecule has 0 saturated heterocycles. The number of hydrogen-bond acceptors (Lipinski definition) is 5. The van der Waals surface area contributed by atoms with Gasteiger partial charge in [-0.2, -0.15) is 4.98 Å². The minimum absolute atomic E-state index is 0.0313. The first-order chi connectivity index (χ1) is 7.08. The number of nitrogens with one attached hydrogen (secondary N) is 1. The number of anilines is 1. The van der Waals surface area contributed by atoms with Gasteiger partial charge in [-0.25, -0.2) is 9.97 Å². The van der Waals surface area contributed by atoms with Crippen molar-refractivity contribution < 1.29 is 0 Å². The van der Waals surface area contributed by atoms with E-state index in [2.05, 4.69) is 51.8 Å². The molecule has 0 aliphatic rings. The van der Waals surface area contributed by atoms with Gasteiger partial charge in [0.1, 0.15) is 3.74 Å². The van der Waals surface area contributed by atoms with E-state index in [-0.39, 0.29) is 20.8 Å². The van der Waals surface area contributed by atoms with Gasteiger partial charge in [-0.05, 0) is 0 Å². The Bertz CT molecular complexity index is 567. The maximum Gasteiger partial charge on any atom is 0.280 e. The Labute approximate surface area is 101 Å². The summed E-state index contributed by atoms with van der Waals surface area (Å²) in [6.07, 6.45) is 1.52. The molecule has 15 heavy (non-hydrogen) atoms. The summed E-state index contributed by atoms with van der Waals surface area (Å²) < 4.78 is -0.154. The lowest BCUT2D eigenvalue weighted by molar-refractivity contribution is 1.09. The molecule has 0 atom stereocenters. The van der Waals surface area contributed by atoms with Crippen molar-refractivity contribution in [2.24, 2.45) is 0 Å². The molecule has 0 unspecified atom stereocenters. The van der Waals surface area contributed by atoms with Gasteiger partial charge in [0.2, 0.25) is 5.95 Å². The summed E-state index contributed by atoms with van der Waals surface area (Å²) >= 11 is 6.53. The van der Waals surface area contributed by atoms with E-state index in [0.717, 1.165) is 0 Å². The zero-order valence-corrected chi connectivity index (χ0v) is 10.4. The lowest BCUT2D eigenvalue weighted by Crippen LogP contribution is -2.14. The Morgan fingerprint density at radius 1 is 1.40 bits per heavy atom. The first-order valence-corrected chi connectivity index (χ1v) is 5.71. The average Bonchev–Trinajstić information content (AvgIpc) is 2.16. The zero-order valence-electron chi connectivity index (χ0n) is 7.24. The van der Waals surface area contributed by atoms with E-state index >= 15 is 0 Å². The topological polar surface area (TPSA) is 97.5 Å². The molecule has 0 amide bonds. The van der Waals surface area contributed by atoms with Crippen LogP contribution in [-0.4, -0.2) is 19.9 Å². The highest BCUT2D eigenvalue weighted by Gasteiger charge is 2.09. The molecule has 2 heterocycles. The molecule has 0 spiro atoms. The Balaban J connectivity index is 2.77. The van der Waals surface area contributed by atoms with E-state index in [1.807, 2.05) is 0 Å². The number of aromatic nitrogens is 4. The fraction of sp³-hybridized carbons (Fsp3) is 0.143. The first kappa shape index (κ1) is 10.5. The molecule has 0 bridgehead atoms. The number of nitrogen functional groups attached to an aromatic ring is 1. The van der Waals surface area contributed by atoms with Crippen molar-refractivity contribution in [3.63, 3.8) is 0 Å². The standard InChI is InChI=1S/C7H5Br2N5O/c8-4(9)2-1-11-5-3(12-2)6(15)14-7(10)13-5/h1,4H,(H3,10,11,13,14,15). The van der Waals surface area contributed by atoms with Crippen molar-refractivity contribution in [3.05, 3.63) is 22.2 Å². The third-order valence-corrected chi connectivity index (χ3v) is 2.62. The van der Waals surface area contributed by atoms with Gasteiger partial charge in [0.05, 0.1) is 11.9 Å². The van der Waals surface area contributed by atoms with Crippen LogP contribution in [0.15, 0.2) is 11.0 Å².